The number of halogens is 1. The number of aromatic nitrogens is 2. The zero-order valence-electron chi connectivity index (χ0n) is 14.2. The van der Waals surface area contributed by atoms with E-state index >= 15 is 0 Å². The van der Waals surface area contributed by atoms with E-state index in [-0.39, 0.29) is 12.4 Å². The maximum Gasteiger partial charge on any atom is 0.217 e. The molecule has 2 aromatic carbocycles. The number of rotatable bonds is 6. The molecule has 0 saturated carbocycles. The molecule has 0 N–H and O–H groups in total. The third-order valence-electron chi connectivity index (χ3n) is 3.75. The summed E-state index contributed by atoms with van der Waals surface area (Å²) in [5, 5.41) is 0. The van der Waals surface area contributed by atoms with E-state index in [9.17, 15) is 4.39 Å². The molecule has 0 unspecified atom stereocenters. The molecule has 1 aromatic heterocycles. The molecular weight excluding hydrogens is 319 g/mol. The average molecular weight is 338 g/mol. The molecule has 0 amide bonds. The first-order chi connectivity index (χ1) is 12.2. The molecule has 0 aliphatic rings. The molecule has 4 nitrogen and oxygen atoms in total. The summed E-state index contributed by atoms with van der Waals surface area (Å²) < 4.78 is 24.5. The van der Waals surface area contributed by atoms with Crippen LogP contribution in [0.25, 0.3) is 11.4 Å². The topological polar surface area (TPSA) is 44.2 Å². The third kappa shape index (κ3) is 4.12. The first kappa shape index (κ1) is 16.9. The van der Waals surface area contributed by atoms with Gasteiger partial charge in [-0.15, -0.1) is 0 Å². The maximum absolute atomic E-state index is 13.8. The lowest BCUT2D eigenvalue weighted by molar-refractivity contribution is 0.292. The summed E-state index contributed by atoms with van der Waals surface area (Å²) >= 11 is 0. The lowest BCUT2D eigenvalue weighted by Gasteiger charge is -2.10. The van der Waals surface area contributed by atoms with Crippen molar-refractivity contribution in [1.82, 2.24) is 9.97 Å². The fraction of sp³-hybridized carbons (Fsp3) is 0.200. The van der Waals surface area contributed by atoms with E-state index in [4.69, 9.17) is 9.47 Å². The highest BCUT2D eigenvalue weighted by atomic mass is 19.1. The van der Waals surface area contributed by atoms with Gasteiger partial charge in [-0.3, -0.25) is 0 Å². The quantitative estimate of drug-likeness (QED) is 0.667. The van der Waals surface area contributed by atoms with Gasteiger partial charge in [0, 0.05) is 17.3 Å². The van der Waals surface area contributed by atoms with Gasteiger partial charge in [0.2, 0.25) is 5.88 Å². The van der Waals surface area contributed by atoms with Crippen LogP contribution < -0.4 is 9.47 Å². The Morgan fingerprint density at radius 3 is 2.48 bits per heavy atom. The Labute approximate surface area is 146 Å². The summed E-state index contributed by atoms with van der Waals surface area (Å²) in [5.41, 5.74) is 2.53. The lowest BCUT2D eigenvalue weighted by Crippen LogP contribution is -2.02. The Bertz CT molecular complexity index is 854. The maximum atomic E-state index is 13.8. The second-order valence-electron chi connectivity index (χ2n) is 5.50. The number of benzene rings is 2. The molecule has 0 fully saturated rings. The average Bonchev–Trinajstić information content (AvgIpc) is 2.67. The van der Waals surface area contributed by atoms with Crippen LogP contribution in [0.1, 0.15) is 18.2 Å². The van der Waals surface area contributed by atoms with Gasteiger partial charge in [-0.1, -0.05) is 43.3 Å². The van der Waals surface area contributed by atoms with E-state index < -0.39 is 5.82 Å². The van der Waals surface area contributed by atoms with Crippen molar-refractivity contribution < 1.29 is 13.9 Å². The minimum Gasteiger partial charge on any atom is -0.494 e. The van der Waals surface area contributed by atoms with Crippen LogP contribution in [0.15, 0.2) is 54.6 Å². The molecule has 3 rings (SSSR count). The summed E-state index contributed by atoms with van der Waals surface area (Å²) in [6.45, 7) is 2.25. The summed E-state index contributed by atoms with van der Waals surface area (Å²) in [5.74, 6) is 0.897. The summed E-state index contributed by atoms with van der Waals surface area (Å²) in [6.07, 6.45) is 0.774. The zero-order chi connectivity index (χ0) is 17.6. The number of methoxy groups -OCH3 is 1. The molecule has 0 atom stereocenters. The molecule has 25 heavy (non-hydrogen) atoms. The van der Waals surface area contributed by atoms with Crippen molar-refractivity contribution in [3.63, 3.8) is 0 Å². The van der Waals surface area contributed by atoms with E-state index in [0.717, 1.165) is 17.7 Å². The Hall–Kier alpha value is -2.95. The standard InChI is InChI=1S/C20H19FN2O2/c1-3-16-12-19(23-20(22-16)15-7-5-4-6-8-15)25-13-14-9-10-18(24-2)17(21)11-14/h4-12H,3,13H2,1-2H3. The lowest BCUT2D eigenvalue weighted by atomic mass is 10.2. The molecule has 0 saturated heterocycles. The molecule has 0 aliphatic heterocycles. The van der Waals surface area contributed by atoms with Gasteiger partial charge >= 0.3 is 0 Å². The van der Waals surface area contributed by atoms with Gasteiger partial charge in [0.15, 0.2) is 17.4 Å². The van der Waals surface area contributed by atoms with Crippen molar-refractivity contribution in [2.24, 2.45) is 0 Å². The van der Waals surface area contributed by atoms with E-state index in [2.05, 4.69) is 9.97 Å². The molecule has 3 aromatic rings. The minimum absolute atomic E-state index is 0.213. The van der Waals surface area contributed by atoms with Crippen molar-refractivity contribution in [2.75, 3.05) is 7.11 Å². The van der Waals surface area contributed by atoms with E-state index in [0.29, 0.717) is 17.3 Å². The van der Waals surface area contributed by atoms with Crippen molar-refractivity contribution in [2.45, 2.75) is 20.0 Å². The predicted molar refractivity (Wildman–Crippen MR) is 94.1 cm³/mol. The van der Waals surface area contributed by atoms with E-state index in [1.807, 2.05) is 43.3 Å². The fourth-order valence-corrected chi connectivity index (χ4v) is 2.40. The van der Waals surface area contributed by atoms with Gasteiger partial charge < -0.3 is 9.47 Å². The van der Waals surface area contributed by atoms with Crippen molar-refractivity contribution in [3.05, 3.63) is 71.7 Å². The van der Waals surface area contributed by atoms with Crippen molar-refractivity contribution in [3.8, 4) is 23.0 Å². The smallest absolute Gasteiger partial charge is 0.217 e. The number of nitrogens with zero attached hydrogens (tertiary/aromatic N) is 2. The van der Waals surface area contributed by atoms with Gasteiger partial charge in [-0.05, 0) is 24.1 Å². The predicted octanol–water partition coefficient (Wildman–Crippen LogP) is 4.43. The SMILES string of the molecule is CCc1cc(OCc2ccc(OC)c(F)c2)nc(-c2ccccc2)n1. The minimum atomic E-state index is -0.412. The molecule has 1 heterocycles. The Morgan fingerprint density at radius 1 is 1.00 bits per heavy atom. The van der Waals surface area contributed by atoms with Gasteiger partial charge in [0.05, 0.1) is 7.11 Å². The largest absolute Gasteiger partial charge is 0.494 e. The van der Waals surface area contributed by atoms with E-state index in [1.165, 1.54) is 13.2 Å². The van der Waals surface area contributed by atoms with Crippen LogP contribution in [-0.4, -0.2) is 17.1 Å². The molecule has 0 bridgehead atoms. The Kier molecular flexibility index (Phi) is 5.23. The van der Waals surface area contributed by atoms with Gasteiger partial charge in [0.1, 0.15) is 6.61 Å². The summed E-state index contributed by atoms with van der Waals surface area (Å²) in [6, 6.07) is 16.3. The molecular formula is C20H19FN2O2. The Morgan fingerprint density at radius 2 is 1.80 bits per heavy atom. The van der Waals surface area contributed by atoms with Gasteiger partial charge in [0.25, 0.3) is 0 Å². The number of hydrogen-bond donors (Lipinski definition) is 0. The van der Waals surface area contributed by atoms with Crippen LogP contribution >= 0.6 is 0 Å². The highest BCUT2D eigenvalue weighted by molar-refractivity contribution is 5.55. The molecule has 0 radical (unpaired) electrons. The van der Waals surface area contributed by atoms with Crippen LogP contribution in [0.4, 0.5) is 4.39 Å². The van der Waals surface area contributed by atoms with Crippen LogP contribution in [0, 0.1) is 5.82 Å². The second kappa shape index (κ2) is 7.75. The number of ether oxygens (including phenoxy) is 2. The van der Waals surface area contributed by atoms with Crippen LogP contribution in [-0.2, 0) is 13.0 Å². The van der Waals surface area contributed by atoms with Crippen LogP contribution in [0.5, 0.6) is 11.6 Å². The first-order valence-electron chi connectivity index (χ1n) is 8.08. The second-order valence-corrected chi connectivity index (χ2v) is 5.50. The van der Waals surface area contributed by atoms with Crippen molar-refractivity contribution in [1.29, 1.82) is 0 Å². The first-order valence-corrected chi connectivity index (χ1v) is 8.08. The molecule has 0 spiro atoms. The third-order valence-corrected chi connectivity index (χ3v) is 3.75. The summed E-state index contributed by atoms with van der Waals surface area (Å²) in [4.78, 5) is 9.02. The highest BCUT2D eigenvalue weighted by Crippen LogP contribution is 2.21. The molecule has 5 heteroatoms. The van der Waals surface area contributed by atoms with E-state index in [1.54, 1.807) is 12.1 Å². The summed E-state index contributed by atoms with van der Waals surface area (Å²) in [7, 11) is 1.44. The van der Waals surface area contributed by atoms with Gasteiger partial charge in [-0.2, -0.15) is 4.98 Å². The normalized spacial score (nSPS) is 10.5. The number of hydrogen-bond acceptors (Lipinski definition) is 4. The van der Waals surface area contributed by atoms with Crippen LogP contribution in [0.3, 0.4) is 0 Å². The molecule has 0 aliphatic carbocycles. The molecule has 128 valence electrons. The van der Waals surface area contributed by atoms with Crippen molar-refractivity contribution >= 4 is 0 Å². The zero-order valence-corrected chi connectivity index (χ0v) is 14.2. The Balaban J connectivity index is 1.81. The van der Waals surface area contributed by atoms with Gasteiger partial charge in [-0.25, -0.2) is 9.37 Å². The fourth-order valence-electron chi connectivity index (χ4n) is 2.40. The monoisotopic (exact) mass is 338 g/mol. The highest BCUT2D eigenvalue weighted by Gasteiger charge is 2.08. The van der Waals surface area contributed by atoms with Crippen LogP contribution in [0.2, 0.25) is 0 Å². The number of aryl methyl sites for hydroxylation is 1.